The molecule has 4 fully saturated rings. The van der Waals surface area contributed by atoms with Crippen molar-refractivity contribution in [3.05, 3.63) is 23.2 Å². The van der Waals surface area contributed by atoms with E-state index in [-0.39, 0.29) is 16.5 Å². The van der Waals surface area contributed by atoms with Gasteiger partial charge in [-0.25, -0.2) is 0 Å². The Labute approximate surface area is 171 Å². The van der Waals surface area contributed by atoms with Crippen molar-refractivity contribution in [2.75, 3.05) is 11.9 Å². The predicted molar refractivity (Wildman–Crippen MR) is 99.7 cm³/mol. The number of hydrogen-bond donors (Lipinski definition) is 2. The van der Waals surface area contributed by atoms with Crippen molar-refractivity contribution in [2.45, 2.75) is 50.7 Å². The van der Waals surface area contributed by atoms with Crippen LogP contribution in [0.25, 0.3) is 0 Å². The second kappa shape index (κ2) is 7.40. The third-order valence-electron chi connectivity index (χ3n) is 6.23. The molecule has 4 saturated carbocycles. The second-order valence-electron chi connectivity index (χ2n) is 8.61. The SMILES string of the molecule is O=C(COC(=O)C12CC3CC(CC(O)(C3)C1)C2)Nc1ccc(OC(F)F)c(Cl)c1. The summed E-state index contributed by atoms with van der Waals surface area (Å²) in [6.45, 7) is -3.48. The molecule has 5 rings (SSSR count). The summed E-state index contributed by atoms with van der Waals surface area (Å²) in [5.41, 5.74) is -1.22. The molecule has 29 heavy (non-hydrogen) atoms. The van der Waals surface area contributed by atoms with E-state index in [0.717, 1.165) is 19.3 Å². The van der Waals surface area contributed by atoms with Gasteiger partial charge in [-0.05, 0) is 68.6 Å². The van der Waals surface area contributed by atoms with E-state index in [4.69, 9.17) is 16.3 Å². The van der Waals surface area contributed by atoms with Gasteiger partial charge in [0.05, 0.1) is 16.0 Å². The molecule has 1 amide bonds. The fourth-order valence-electron chi connectivity index (χ4n) is 5.70. The first-order chi connectivity index (χ1) is 13.7. The fourth-order valence-corrected chi connectivity index (χ4v) is 5.93. The zero-order chi connectivity index (χ0) is 20.8. The number of hydrogen-bond acceptors (Lipinski definition) is 5. The van der Waals surface area contributed by atoms with Crippen LogP contribution >= 0.6 is 11.6 Å². The summed E-state index contributed by atoms with van der Waals surface area (Å²) in [7, 11) is 0. The number of anilines is 1. The van der Waals surface area contributed by atoms with Gasteiger partial charge in [0, 0.05) is 5.69 Å². The van der Waals surface area contributed by atoms with E-state index in [1.807, 2.05) is 0 Å². The van der Waals surface area contributed by atoms with Crippen molar-refractivity contribution >= 4 is 29.2 Å². The van der Waals surface area contributed by atoms with Gasteiger partial charge in [-0.1, -0.05) is 11.6 Å². The Balaban J connectivity index is 1.33. The lowest BCUT2D eigenvalue weighted by Gasteiger charge is -2.58. The summed E-state index contributed by atoms with van der Waals surface area (Å²) >= 11 is 5.86. The number of nitrogens with one attached hydrogen (secondary N) is 1. The Hall–Kier alpha value is -1.93. The minimum atomic E-state index is -3.00. The molecule has 158 valence electrons. The van der Waals surface area contributed by atoms with Crippen molar-refractivity contribution in [3.8, 4) is 5.75 Å². The van der Waals surface area contributed by atoms with Gasteiger partial charge in [-0.2, -0.15) is 8.78 Å². The zero-order valence-corrected chi connectivity index (χ0v) is 16.4. The molecule has 2 unspecified atom stereocenters. The third kappa shape index (κ3) is 4.19. The molecule has 0 saturated heterocycles. The molecule has 4 aliphatic rings. The lowest BCUT2D eigenvalue weighted by Crippen LogP contribution is -2.58. The molecule has 1 aromatic rings. The number of carbonyl (C=O) groups is 2. The maximum atomic E-state index is 12.8. The van der Waals surface area contributed by atoms with Gasteiger partial charge in [0.15, 0.2) is 6.61 Å². The number of esters is 1. The van der Waals surface area contributed by atoms with E-state index in [0.29, 0.717) is 31.1 Å². The van der Waals surface area contributed by atoms with Crippen LogP contribution in [0.2, 0.25) is 5.02 Å². The lowest BCUT2D eigenvalue weighted by molar-refractivity contribution is -0.196. The quantitative estimate of drug-likeness (QED) is 0.673. The first-order valence-electron chi connectivity index (χ1n) is 9.60. The van der Waals surface area contributed by atoms with Gasteiger partial charge < -0.3 is 19.9 Å². The number of carbonyl (C=O) groups excluding carboxylic acids is 2. The van der Waals surface area contributed by atoms with Crippen LogP contribution in [-0.4, -0.2) is 35.8 Å². The van der Waals surface area contributed by atoms with Crippen molar-refractivity contribution in [1.29, 1.82) is 0 Å². The van der Waals surface area contributed by atoms with Crippen LogP contribution in [0.4, 0.5) is 14.5 Å². The number of amides is 1. The van der Waals surface area contributed by atoms with Gasteiger partial charge in [0.25, 0.3) is 5.91 Å². The number of benzene rings is 1. The average Bonchev–Trinajstić information content (AvgIpc) is 2.59. The van der Waals surface area contributed by atoms with Crippen molar-refractivity contribution < 1.29 is 33.0 Å². The third-order valence-corrected chi connectivity index (χ3v) is 6.52. The Morgan fingerprint density at radius 2 is 1.93 bits per heavy atom. The van der Waals surface area contributed by atoms with Crippen LogP contribution < -0.4 is 10.1 Å². The number of aliphatic hydroxyl groups is 1. The smallest absolute Gasteiger partial charge is 0.387 e. The number of alkyl halides is 2. The van der Waals surface area contributed by atoms with Crippen LogP contribution in [-0.2, 0) is 14.3 Å². The molecule has 2 atom stereocenters. The standard InChI is InChI=1S/C20H22ClF2NO5/c21-14-4-13(1-2-15(14)29-18(22)23)24-16(25)9-28-17(26)19-5-11-3-12(6-19)8-20(27,7-11)10-19/h1-2,4,11-12,18,27H,3,5-10H2,(H,24,25). The number of halogens is 3. The minimum absolute atomic E-state index is 0.0816. The highest BCUT2D eigenvalue weighted by Gasteiger charge is 2.60. The first kappa shape index (κ1) is 20.3. The largest absolute Gasteiger partial charge is 0.455 e. The maximum absolute atomic E-state index is 12.8. The average molecular weight is 430 g/mol. The molecular weight excluding hydrogens is 408 g/mol. The van der Waals surface area contributed by atoms with Gasteiger partial charge in [-0.3, -0.25) is 9.59 Å². The molecule has 4 aliphatic carbocycles. The van der Waals surface area contributed by atoms with Crippen LogP contribution in [0.5, 0.6) is 5.75 Å². The van der Waals surface area contributed by atoms with Crippen LogP contribution in [0.1, 0.15) is 38.5 Å². The molecule has 0 aliphatic heterocycles. The maximum Gasteiger partial charge on any atom is 0.387 e. The lowest BCUT2D eigenvalue weighted by atomic mass is 9.48. The van der Waals surface area contributed by atoms with Crippen molar-refractivity contribution in [1.82, 2.24) is 0 Å². The van der Waals surface area contributed by atoms with Gasteiger partial charge in [0.1, 0.15) is 5.75 Å². The summed E-state index contributed by atoms with van der Waals surface area (Å²) in [6, 6.07) is 3.84. The Morgan fingerprint density at radius 3 is 2.52 bits per heavy atom. The van der Waals surface area contributed by atoms with Crippen molar-refractivity contribution in [2.24, 2.45) is 17.3 Å². The minimum Gasteiger partial charge on any atom is -0.455 e. The summed E-state index contributed by atoms with van der Waals surface area (Å²) in [5, 5.41) is 13.2. The summed E-state index contributed by atoms with van der Waals surface area (Å²) in [4.78, 5) is 24.9. The molecule has 4 bridgehead atoms. The molecular formula is C20H22ClF2NO5. The number of ether oxygens (including phenoxy) is 2. The molecule has 0 radical (unpaired) electrons. The monoisotopic (exact) mass is 429 g/mol. The zero-order valence-electron chi connectivity index (χ0n) is 15.6. The van der Waals surface area contributed by atoms with E-state index in [2.05, 4.69) is 10.1 Å². The molecule has 0 spiro atoms. The summed E-state index contributed by atoms with van der Waals surface area (Å²) in [5.74, 6) is -0.539. The predicted octanol–water partition coefficient (Wildman–Crippen LogP) is 3.75. The normalized spacial score (nSPS) is 32.3. The molecule has 1 aromatic carbocycles. The van der Waals surface area contributed by atoms with Crippen LogP contribution in [0.3, 0.4) is 0 Å². The van der Waals surface area contributed by atoms with Gasteiger partial charge >= 0.3 is 12.6 Å². The topological polar surface area (TPSA) is 84.9 Å². The van der Waals surface area contributed by atoms with Crippen LogP contribution in [0, 0.1) is 17.3 Å². The summed E-state index contributed by atoms with van der Waals surface area (Å²) in [6.07, 6.45) is 4.33. The Kier molecular flexibility index (Phi) is 5.19. The highest BCUT2D eigenvalue weighted by atomic mass is 35.5. The second-order valence-corrected chi connectivity index (χ2v) is 9.02. The highest BCUT2D eigenvalue weighted by Crippen LogP contribution is 2.61. The molecule has 9 heteroatoms. The van der Waals surface area contributed by atoms with Crippen molar-refractivity contribution in [3.63, 3.8) is 0 Å². The van der Waals surface area contributed by atoms with Crippen LogP contribution in [0.15, 0.2) is 18.2 Å². The molecule has 6 nitrogen and oxygen atoms in total. The van der Waals surface area contributed by atoms with Gasteiger partial charge in [-0.15, -0.1) is 0 Å². The molecule has 2 N–H and O–H groups in total. The van der Waals surface area contributed by atoms with E-state index >= 15 is 0 Å². The first-order valence-corrected chi connectivity index (χ1v) is 9.98. The fraction of sp³-hybridized carbons (Fsp3) is 0.600. The Morgan fingerprint density at radius 1 is 1.24 bits per heavy atom. The van der Waals surface area contributed by atoms with E-state index in [1.54, 1.807) is 0 Å². The molecule has 0 aromatic heterocycles. The molecule has 0 heterocycles. The van der Waals surface area contributed by atoms with Gasteiger partial charge in [0.2, 0.25) is 0 Å². The Bertz CT molecular complexity index is 819. The van der Waals surface area contributed by atoms with E-state index in [1.165, 1.54) is 18.2 Å². The number of rotatable bonds is 6. The van der Waals surface area contributed by atoms with E-state index < -0.39 is 36.1 Å². The summed E-state index contributed by atoms with van der Waals surface area (Å²) < 4.78 is 34.1. The van der Waals surface area contributed by atoms with E-state index in [9.17, 15) is 23.5 Å². The highest BCUT2D eigenvalue weighted by molar-refractivity contribution is 6.32.